The van der Waals surface area contributed by atoms with E-state index in [1.165, 1.54) is 12.0 Å². The van der Waals surface area contributed by atoms with Crippen LogP contribution in [0.3, 0.4) is 0 Å². The first-order valence-corrected chi connectivity index (χ1v) is 6.32. The molecule has 0 heterocycles. The van der Waals surface area contributed by atoms with Gasteiger partial charge in [-0.25, -0.2) is 9.59 Å². The molecule has 0 aliphatic heterocycles. The number of aliphatic carboxylic acids is 1. The number of rotatable bonds is 6. The zero-order valence-electron chi connectivity index (χ0n) is 11.3. The number of methoxy groups -OCH3 is 1. The zero-order chi connectivity index (χ0) is 14.5. The summed E-state index contributed by atoms with van der Waals surface area (Å²) in [5.74, 6) is -1.55. The topological polar surface area (TPSA) is 95.9 Å². The van der Waals surface area contributed by atoms with Crippen molar-refractivity contribution in [1.82, 2.24) is 10.2 Å². The summed E-state index contributed by atoms with van der Waals surface area (Å²) in [7, 11) is 1.25. The molecule has 1 aliphatic rings. The van der Waals surface area contributed by atoms with Gasteiger partial charge in [0.25, 0.3) is 0 Å². The van der Waals surface area contributed by atoms with Crippen LogP contribution in [0.2, 0.25) is 0 Å². The molecule has 0 atom stereocenters. The van der Waals surface area contributed by atoms with E-state index in [1.54, 1.807) is 0 Å². The van der Waals surface area contributed by atoms with Gasteiger partial charge in [0.2, 0.25) is 0 Å². The molecule has 0 bridgehead atoms. The molecule has 0 radical (unpaired) electrons. The van der Waals surface area contributed by atoms with E-state index >= 15 is 0 Å². The lowest BCUT2D eigenvalue weighted by Crippen LogP contribution is -2.62. The maximum absolute atomic E-state index is 12.0. The third-order valence-electron chi connectivity index (χ3n) is 3.29. The van der Waals surface area contributed by atoms with Crippen LogP contribution in [0, 0.1) is 0 Å². The van der Waals surface area contributed by atoms with Gasteiger partial charge in [-0.15, -0.1) is 0 Å². The molecule has 0 spiro atoms. The van der Waals surface area contributed by atoms with Crippen molar-refractivity contribution in [2.75, 3.05) is 20.2 Å². The summed E-state index contributed by atoms with van der Waals surface area (Å²) in [4.78, 5) is 35.7. The van der Waals surface area contributed by atoms with Crippen LogP contribution < -0.4 is 5.32 Å². The number of hydrogen-bond donors (Lipinski definition) is 2. The molecule has 0 aromatic heterocycles. The van der Waals surface area contributed by atoms with Gasteiger partial charge in [-0.05, 0) is 25.7 Å². The lowest BCUT2D eigenvalue weighted by atomic mass is 9.77. The molecule has 2 N–H and O–H groups in total. The summed E-state index contributed by atoms with van der Waals surface area (Å²) >= 11 is 0. The second-order valence-electron chi connectivity index (χ2n) is 4.67. The minimum absolute atomic E-state index is 0.175. The maximum Gasteiger partial charge on any atom is 0.329 e. The van der Waals surface area contributed by atoms with E-state index in [0.717, 1.165) is 6.42 Å². The van der Waals surface area contributed by atoms with Crippen LogP contribution in [0.15, 0.2) is 0 Å². The maximum atomic E-state index is 12.0. The SMILES string of the molecule is CCCN(CC(=O)OC)C(=O)NC1(C(=O)O)CCC1. The van der Waals surface area contributed by atoms with E-state index in [9.17, 15) is 14.4 Å². The molecule has 1 saturated carbocycles. The van der Waals surface area contributed by atoms with Crippen LogP contribution in [0.4, 0.5) is 4.79 Å². The Bertz CT molecular complexity index is 365. The Balaban J connectivity index is 2.66. The fourth-order valence-corrected chi connectivity index (χ4v) is 1.95. The smallest absolute Gasteiger partial charge is 0.329 e. The highest BCUT2D eigenvalue weighted by molar-refractivity contribution is 5.88. The lowest BCUT2D eigenvalue weighted by Gasteiger charge is -2.39. The normalized spacial score (nSPS) is 16.1. The van der Waals surface area contributed by atoms with Crippen LogP contribution in [-0.4, -0.2) is 53.7 Å². The highest BCUT2D eigenvalue weighted by Gasteiger charge is 2.46. The number of carbonyl (C=O) groups excluding carboxylic acids is 2. The van der Waals surface area contributed by atoms with E-state index in [4.69, 9.17) is 5.11 Å². The fraction of sp³-hybridized carbons (Fsp3) is 0.750. The van der Waals surface area contributed by atoms with E-state index in [-0.39, 0.29) is 6.54 Å². The summed E-state index contributed by atoms with van der Waals surface area (Å²) < 4.78 is 4.52. The van der Waals surface area contributed by atoms with Crippen molar-refractivity contribution in [2.24, 2.45) is 0 Å². The molecule has 19 heavy (non-hydrogen) atoms. The standard InChI is InChI=1S/C12H20N2O5/c1-3-7-14(8-9(15)19-2)11(18)13-12(10(16)17)5-4-6-12/h3-8H2,1-2H3,(H,13,18)(H,16,17). The number of nitrogens with zero attached hydrogens (tertiary/aromatic N) is 1. The first-order valence-electron chi connectivity index (χ1n) is 6.32. The number of ether oxygens (including phenoxy) is 1. The van der Waals surface area contributed by atoms with Gasteiger partial charge in [0, 0.05) is 6.54 Å². The van der Waals surface area contributed by atoms with Crippen LogP contribution in [0.1, 0.15) is 32.6 Å². The molecule has 0 saturated heterocycles. The Labute approximate surface area is 111 Å². The van der Waals surface area contributed by atoms with Crippen LogP contribution in [0.5, 0.6) is 0 Å². The molecule has 1 aliphatic carbocycles. The number of urea groups is 1. The van der Waals surface area contributed by atoms with Gasteiger partial charge < -0.3 is 20.1 Å². The molecule has 0 aromatic carbocycles. The third kappa shape index (κ3) is 3.59. The molecule has 7 nitrogen and oxygen atoms in total. The summed E-state index contributed by atoms with van der Waals surface area (Å²) in [6.07, 6.45) is 2.29. The van der Waals surface area contributed by atoms with Gasteiger partial charge >= 0.3 is 18.0 Å². The minimum atomic E-state index is -1.17. The Morgan fingerprint density at radius 2 is 2.00 bits per heavy atom. The number of esters is 1. The van der Waals surface area contributed by atoms with Gasteiger partial charge in [0.15, 0.2) is 0 Å². The van der Waals surface area contributed by atoms with Crippen molar-refractivity contribution in [3.63, 3.8) is 0 Å². The summed E-state index contributed by atoms with van der Waals surface area (Å²) in [6, 6.07) is -0.533. The summed E-state index contributed by atoms with van der Waals surface area (Å²) in [6.45, 7) is 2.07. The van der Waals surface area contributed by atoms with Crippen molar-refractivity contribution in [3.8, 4) is 0 Å². The monoisotopic (exact) mass is 272 g/mol. The predicted octanol–water partition coefficient (Wildman–Crippen LogP) is 0.588. The van der Waals surface area contributed by atoms with Crippen LogP contribution in [-0.2, 0) is 14.3 Å². The van der Waals surface area contributed by atoms with Crippen LogP contribution in [0.25, 0.3) is 0 Å². The average molecular weight is 272 g/mol. The Morgan fingerprint density at radius 3 is 2.37 bits per heavy atom. The van der Waals surface area contributed by atoms with Crippen molar-refractivity contribution in [3.05, 3.63) is 0 Å². The average Bonchev–Trinajstić information content (AvgIpc) is 2.32. The van der Waals surface area contributed by atoms with E-state index in [1.807, 2.05) is 6.92 Å². The molecule has 7 heteroatoms. The Hall–Kier alpha value is -1.79. The fourth-order valence-electron chi connectivity index (χ4n) is 1.95. The molecule has 0 aromatic rings. The minimum Gasteiger partial charge on any atom is -0.480 e. The number of carbonyl (C=O) groups is 3. The highest BCUT2D eigenvalue weighted by Crippen LogP contribution is 2.32. The first-order chi connectivity index (χ1) is 8.95. The molecule has 0 unspecified atom stereocenters. The molecular weight excluding hydrogens is 252 g/mol. The van der Waals surface area contributed by atoms with Gasteiger partial charge in [0.05, 0.1) is 7.11 Å². The lowest BCUT2D eigenvalue weighted by molar-refractivity contribution is -0.148. The molecular formula is C12H20N2O5. The second kappa shape index (κ2) is 6.40. The van der Waals surface area contributed by atoms with Gasteiger partial charge in [-0.1, -0.05) is 6.92 Å². The largest absolute Gasteiger partial charge is 0.480 e. The molecule has 1 fully saturated rings. The van der Waals surface area contributed by atoms with E-state index < -0.39 is 23.5 Å². The zero-order valence-corrected chi connectivity index (χ0v) is 11.3. The first kappa shape index (κ1) is 15.3. The quantitative estimate of drug-likeness (QED) is 0.690. The second-order valence-corrected chi connectivity index (χ2v) is 4.67. The third-order valence-corrected chi connectivity index (χ3v) is 3.29. The van der Waals surface area contributed by atoms with Crippen molar-refractivity contribution in [2.45, 2.75) is 38.1 Å². The van der Waals surface area contributed by atoms with Crippen LogP contribution >= 0.6 is 0 Å². The number of carboxylic acids is 1. The van der Waals surface area contributed by atoms with Gasteiger partial charge in [-0.2, -0.15) is 0 Å². The van der Waals surface area contributed by atoms with E-state index in [0.29, 0.717) is 25.8 Å². The van der Waals surface area contributed by atoms with Crippen molar-refractivity contribution >= 4 is 18.0 Å². The summed E-state index contributed by atoms with van der Waals surface area (Å²) in [5.41, 5.74) is -1.17. The van der Waals surface area contributed by atoms with Gasteiger partial charge in [-0.3, -0.25) is 4.79 Å². The molecule has 1 rings (SSSR count). The number of hydrogen-bond acceptors (Lipinski definition) is 4. The molecule has 2 amide bonds. The van der Waals surface area contributed by atoms with Gasteiger partial charge in [0.1, 0.15) is 12.1 Å². The molecule has 108 valence electrons. The highest BCUT2D eigenvalue weighted by atomic mass is 16.5. The number of carboxylic acid groups (broad SMARTS) is 1. The number of nitrogens with one attached hydrogen (secondary N) is 1. The Morgan fingerprint density at radius 1 is 1.37 bits per heavy atom. The van der Waals surface area contributed by atoms with Crippen molar-refractivity contribution in [1.29, 1.82) is 0 Å². The summed E-state index contributed by atoms with van der Waals surface area (Å²) in [5, 5.41) is 11.7. The number of amides is 2. The Kier molecular flexibility index (Phi) is 5.14. The van der Waals surface area contributed by atoms with Crippen molar-refractivity contribution < 1.29 is 24.2 Å². The van der Waals surface area contributed by atoms with E-state index in [2.05, 4.69) is 10.1 Å². The predicted molar refractivity (Wildman–Crippen MR) is 66.6 cm³/mol.